The molecular formula is C21H21N5O2S. The lowest BCUT2D eigenvalue weighted by Gasteiger charge is -2.14. The predicted molar refractivity (Wildman–Crippen MR) is 112 cm³/mol. The Morgan fingerprint density at radius 2 is 1.69 bits per heavy atom. The molecule has 2 aromatic carbocycles. The highest BCUT2D eigenvalue weighted by atomic mass is 32.2. The Balaban J connectivity index is 1.77. The standard InChI is InChI=1S/C21H21N5O2S/c1-13-6-5-7-18(15(13)3)25-29(27,28)20-12-17(9-8-14(20)2)19-10-11-21-23-22-16(4)26(21)24-19/h5-12,25H,1-4H3. The zero-order chi connectivity index (χ0) is 20.8. The minimum atomic E-state index is -3.76. The summed E-state index contributed by atoms with van der Waals surface area (Å²) in [6.45, 7) is 7.45. The average molecular weight is 407 g/mol. The van der Waals surface area contributed by atoms with E-state index in [0.29, 0.717) is 34.0 Å². The maximum absolute atomic E-state index is 13.1. The molecule has 148 valence electrons. The first-order valence-corrected chi connectivity index (χ1v) is 10.6. The monoisotopic (exact) mass is 407 g/mol. The van der Waals surface area contributed by atoms with Crippen LogP contribution in [0.25, 0.3) is 16.9 Å². The fourth-order valence-electron chi connectivity index (χ4n) is 3.16. The molecule has 0 aliphatic carbocycles. The normalized spacial score (nSPS) is 11.7. The van der Waals surface area contributed by atoms with Crippen LogP contribution in [-0.4, -0.2) is 28.2 Å². The molecule has 0 unspecified atom stereocenters. The van der Waals surface area contributed by atoms with Gasteiger partial charge in [-0.3, -0.25) is 4.72 Å². The van der Waals surface area contributed by atoms with Crippen LogP contribution >= 0.6 is 0 Å². The molecule has 2 heterocycles. The summed E-state index contributed by atoms with van der Waals surface area (Å²) in [5.41, 5.74) is 5.15. The predicted octanol–water partition coefficient (Wildman–Crippen LogP) is 3.83. The molecule has 0 aliphatic heterocycles. The Morgan fingerprint density at radius 1 is 0.897 bits per heavy atom. The minimum absolute atomic E-state index is 0.221. The van der Waals surface area contributed by atoms with Crippen LogP contribution in [0.1, 0.15) is 22.5 Å². The molecule has 0 aliphatic rings. The Hall–Kier alpha value is -3.26. The smallest absolute Gasteiger partial charge is 0.262 e. The van der Waals surface area contributed by atoms with Gasteiger partial charge in [0.1, 0.15) is 0 Å². The Bertz CT molecular complexity index is 1340. The number of fused-ring (bicyclic) bond motifs is 1. The first kappa shape index (κ1) is 19.1. The molecule has 1 N–H and O–H groups in total. The summed E-state index contributed by atoms with van der Waals surface area (Å²) >= 11 is 0. The van der Waals surface area contributed by atoms with Crippen LogP contribution in [0, 0.1) is 27.7 Å². The van der Waals surface area contributed by atoms with E-state index in [1.165, 1.54) is 0 Å². The minimum Gasteiger partial charge on any atom is -0.279 e. The van der Waals surface area contributed by atoms with Crippen LogP contribution in [0.3, 0.4) is 0 Å². The van der Waals surface area contributed by atoms with Gasteiger partial charge in [-0.2, -0.15) is 9.61 Å². The summed E-state index contributed by atoms with van der Waals surface area (Å²) in [5.74, 6) is 0.665. The summed E-state index contributed by atoms with van der Waals surface area (Å²) in [6.07, 6.45) is 0. The molecule has 7 nitrogen and oxygen atoms in total. The topological polar surface area (TPSA) is 89.2 Å². The van der Waals surface area contributed by atoms with Gasteiger partial charge in [0.25, 0.3) is 10.0 Å². The Labute approximate surface area is 169 Å². The van der Waals surface area contributed by atoms with Gasteiger partial charge in [0.15, 0.2) is 11.5 Å². The number of anilines is 1. The number of benzene rings is 2. The number of aromatic nitrogens is 4. The Kier molecular flexibility index (Phi) is 4.58. The molecule has 0 atom stereocenters. The Morgan fingerprint density at radius 3 is 2.48 bits per heavy atom. The van der Waals surface area contributed by atoms with Crippen LogP contribution < -0.4 is 4.72 Å². The first-order valence-electron chi connectivity index (χ1n) is 9.15. The summed E-state index contributed by atoms with van der Waals surface area (Å²) in [7, 11) is -3.76. The lowest BCUT2D eigenvalue weighted by atomic mass is 10.1. The molecule has 2 aromatic heterocycles. The lowest BCUT2D eigenvalue weighted by molar-refractivity contribution is 0.600. The molecule has 8 heteroatoms. The van der Waals surface area contributed by atoms with Crippen molar-refractivity contribution in [1.29, 1.82) is 0 Å². The summed E-state index contributed by atoms with van der Waals surface area (Å²) in [4.78, 5) is 0.221. The van der Waals surface area contributed by atoms with Crippen LogP contribution in [-0.2, 0) is 10.0 Å². The zero-order valence-corrected chi connectivity index (χ0v) is 17.4. The van der Waals surface area contributed by atoms with E-state index >= 15 is 0 Å². The molecule has 0 amide bonds. The molecule has 0 spiro atoms. The number of nitrogens with zero attached hydrogens (tertiary/aromatic N) is 4. The van der Waals surface area contributed by atoms with Gasteiger partial charge >= 0.3 is 0 Å². The molecule has 4 rings (SSSR count). The number of sulfonamides is 1. The fourth-order valence-corrected chi connectivity index (χ4v) is 4.56. The lowest BCUT2D eigenvalue weighted by Crippen LogP contribution is -2.15. The van der Waals surface area contributed by atoms with E-state index in [1.54, 1.807) is 29.6 Å². The van der Waals surface area contributed by atoms with Crippen molar-refractivity contribution >= 4 is 21.4 Å². The maximum Gasteiger partial charge on any atom is 0.262 e. The molecule has 0 saturated heterocycles. The van der Waals surface area contributed by atoms with Gasteiger partial charge in [0, 0.05) is 5.56 Å². The van der Waals surface area contributed by atoms with Crippen molar-refractivity contribution in [2.24, 2.45) is 0 Å². The number of rotatable bonds is 4. The van der Waals surface area contributed by atoms with Crippen LogP contribution in [0.4, 0.5) is 5.69 Å². The summed E-state index contributed by atoms with van der Waals surface area (Å²) in [6, 6.07) is 14.5. The van der Waals surface area contributed by atoms with Gasteiger partial charge in [-0.1, -0.05) is 24.3 Å². The highest BCUT2D eigenvalue weighted by Gasteiger charge is 2.19. The van der Waals surface area contributed by atoms with E-state index in [4.69, 9.17) is 0 Å². The SMILES string of the molecule is Cc1ccc(-c2ccc3nnc(C)n3n2)cc1S(=O)(=O)Nc1cccc(C)c1C. The van der Waals surface area contributed by atoms with Crippen molar-refractivity contribution in [2.75, 3.05) is 4.72 Å². The van der Waals surface area contributed by atoms with Crippen molar-refractivity contribution in [1.82, 2.24) is 19.8 Å². The van der Waals surface area contributed by atoms with E-state index in [2.05, 4.69) is 20.0 Å². The maximum atomic E-state index is 13.1. The van der Waals surface area contributed by atoms with Crippen molar-refractivity contribution in [2.45, 2.75) is 32.6 Å². The highest BCUT2D eigenvalue weighted by Crippen LogP contribution is 2.27. The number of hydrogen-bond donors (Lipinski definition) is 1. The molecule has 0 bridgehead atoms. The second kappa shape index (κ2) is 6.97. The third-order valence-electron chi connectivity index (χ3n) is 5.04. The van der Waals surface area contributed by atoms with E-state index in [0.717, 1.165) is 11.1 Å². The third-order valence-corrected chi connectivity index (χ3v) is 6.55. The quantitative estimate of drug-likeness (QED) is 0.555. The van der Waals surface area contributed by atoms with E-state index in [-0.39, 0.29) is 4.90 Å². The molecule has 0 saturated carbocycles. The largest absolute Gasteiger partial charge is 0.279 e. The fraction of sp³-hybridized carbons (Fsp3) is 0.190. The van der Waals surface area contributed by atoms with E-state index in [9.17, 15) is 8.42 Å². The van der Waals surface area contributed by atoms with Crippen LogP contribution in [0.5, 0.6) is 0 Å². The van der Waals surface area contributed by atoms with E-state index < -0.39 is 10.0 Å². The summed E-state index contributed by atoms with van der Waals surface area (Å²) < 4.78 is 30.6. The zero-order valence-electron chi connectivity index (χ0n) is 16.6. The van der Waals surface area contributed by atoms with Gasteiger partial charge in [-0.15, -0.1) is 10.2 Å². The van der Waals surface area contributed by atoms with Gasteiger partial charge < -0.3 is 0 Å². The molecule has 4 aromatic rings. The van der Waals surface area contributed by atoms with Gasteiger partial charge in [0.05, 0.1) is 16.3 Å². The molecular weight excluding hydrogens is 386 g/mol. The van der Waals surface area contributed by atoms with Crippen molar-refractivity contribution in [3.63, 3.8) is 0 Å². The summed E-state index contributed by atoms with van der Waals surface area (Å²) in [5, 5.41) is 12.6. The number of hydrogen-bond acceptors (Lipinski definition) is 5. The molecule has 29 heavy (non-hydrogen) atoms. The molecule has 0 fully saturated rings. The number of nitrogens with one attached hydrogen (secondary N) is 1. The van der Waals surface area contributed by atoms with Crippen molar-refractivity contribution < 1.29 is 8.42 Å². The average Bonchev–Trinajstić information content (AvgIpc) is 3.06. The van der Waals surface area contributed by atoms with Gasteiger partial charge in [0.2, 0.25) is 0 Å². The second-order valence-electron chi connectivity index (χ2n) is 7.07. The van der Waals surface area contributed by atoms with E-state index in [1.807, 2.05) is 51.1 Å². The molecule has 0 radical (unpaired) electrons. The highest BCUT2D eigenvalue weighted by molar-refractivity contribution is 7.92. The van der Waals surface area contributed by atoms with Gasteiger partial charge in [-0.05, 0) is 68.7 Å². The third kappa shape index (κ3) is 3.47. The van der Waals surface area contributed by atoms with Crippen LogP contribution in [0.2, 0.25) is 0 Å². The van der Waals surface area contributed by atoms with Crippen LogP contribution in [0.15, 0.2) is 53.4 Å². The number of aryl methyl sites for hydroxylation is 3. The van der Waals surface area contributed by atoms with Crippen molar-refractivity contribution in [3.05, 3.63) is 71.0 Å². The van der Waals surface area contributed by atoms with Crippen molar-refractivity contribution in [3.8, 4) is 11.3 Å². The second-order valence-corrected chi connectivity index (χ2v) is 8.72. The van der Waals surface area contributed by atoms with Gasteiger partial charge in [-0.25, -0.2) is 8.42 Å². The first-order chi connectivity index (χ1) is 13.8.